The number of aliphatic hydroxyl groups is 1. The Morgan fingerprint density at radius 3 is 2.79 bits per heavy atom. The highest BCUT2D eigenvalue weighted by Crippen LogP contribution is 2.47. The van der Waals surface area contributed by atoms with Crippen molar-refractivity contribution in [2.24, 2.45) is 0 Å². The van der Waals surface area contributed by atoms with Crippen LogP contribution >= 0.6 is 23.1 Å². The van der Waals surface area contributed by atoms with Crippen LogP contribution in [0.5, 0.6) is 0 Å². The topological polar surface area (TPSA) is 20.2 Å². The van der Waals surface area contributed by atoms with Crippen molar-refractivity contribution in [2.75, 3.05) is 5.75 Å². The zero-order valence-electron chi connectivity index (χ0n) is 8.62. The van der Waals surface area contributed by atoms with Crippen molar-refractivity contribution in [3.63, 3.8) is 0 Å². The van der Waals surface area contributed by atoms with Crippen molar-refractivity contribution < 1.29 is 5.11 Å². The van der Waals surface area contributed by atoms with Gasteiger partial charge >= 0.3 is 0 Å². The van der Waals surface area contributed by atoms with Crippen molar-refractivity contribution in [3.8, 4) is 0 Å². The minimum atomic E-state index is -0.284. The molecule has 2 rings (SSSR count). The fourth-order valence-corrected chi connectivity index (χ4v) is 4.34. The highest BCUT2D eigenvalue weighted by molar-refractivity contribution is 8.00. The molecule has 1 aromatic rings. The number of thiophene rings is 1. The third-order valence-electron chi connectivity index (χ3n) is 2.86. The maximum Gasteiger partial charge on any atom is 0.102 e. The van der Waals surface area contributed by atoms with Gasteiger partial charge in [0.05, 0.1) is 0 Å². The first-order valence-corrected chi connectivity index (χ1v) is 6.80. The molecule has 1 N–H and O–H groups in total. The van der Waals surface area contributed by atoms with Gasteiger partial charge in [-0.3, -0.25) is 0 Å². The summed E-state index contributed by atoms with van der Waals surface area (Å²) in [5.41, 5.74) is 0. The van der Waals surface area contributed by atoms with Gasteiger partial charge < -0.3 is 5.11 Å². The lowest BCUT2D eigenvalue weighted by atomic mass is 9.97. The average Bonchev–Trinajstić information content (AvgIpc) is 2.74. The Bertz CT molecular complexity index is 313. The van der Waals surface area contributed by atoms with Gasteiger partial charge in [-0.25, -0.2) is 0 Å². The van der Waals surface area contributed by atoms with E-state index < -0.39 is 0 Å². The predicted octanol–water partition coefficient (Wildman–Crippen LogP) is 3.38. The average molecular weight is 228 g/mol. The number of rotatable bonds is 2. The third-order valence-corrected chi connectivity index (χ3v) is 5.49. The second-order valence-electron chi connectivity index (χ2n) is 4.12. The van der Waals surface area contributed by atoms with Gasteiger partial charge in [0.1, 0.15) is 6.10 Å². The fraction of sp³-hybridized carbons (Fsp3) is 0.636. The summed E-state index contributed by atoms with van der Waals surface area (Å²) in [7, 11) is 0. The SMILES string of the molecule is Cc1ccc(C(O)C2(C)CCCS2)s1. The molecule has 1 aliphatic rings. The highest BCUT2D eigenvalue weighted by Gasteiger charge is 2.38. The molecule has 2 atom stereocenters. The molecule has 2 heterocycles. The molecule has 0 bridgehead atoms. The van der Waals surface area contributed by atoms with Crippen molar-refractivity contribution in [2.45, 2.75) is 37.5 Å². The minimum Gasteiger partial charge on any atom is -0.386 e. The largest absolute Gasteiger partial charge is 0.386 e. The summed E-state index contributed by atoms with van der Waals surface area (Å²) in [4.78, 5) is 2.41. The summed E-state index contributed by atoms with van der Waals surface area (Å²) in [5, 5.41) is 10.3. The van der Waals surface area contributed by atoms with Gasteiger partial charge in [-0.1, -0.05) is 0 Å². The normalized spacial score (nSPS) is 29.4. The first-order chi connectivity index (χ1) is 6.62. The molecule has 0 saturated carbocycles. The molecule has 0 radical (unpaired) electrons. The van der Waals surface area contributed by atoms with Gasteiger partial charge in [0.2, 0.25) is 0 Å². The van der Waals surface area contributed by atoms with Crippen LogP contribution in [0.4, 0.5) is 0 Å². The van der Waals surface area contributed by atoms with Gasteiger partial charge in [0, 0.05) is 14.5 Å². The van der Waals surface area contributed by atoms with Crippen LogP contribution in [0.1, 0.15) is 35.6 Å². The molecule has 1 nitrogen and oxygen atoms in total. The Morgan fingerprint density at radius 2 is 2.29 bits per heavy atom. The van der Waals surface area contributed by atoms with E-state index in [-0.39, 0.29) is 10.9 Å². The van der Waals surface area contributed by atoms with E-state index in [2.05, 4.69) is 26.0 Å². The van der Waals surface area contributed by atoms with Crippen LogP contribution in [0.2, 0.25) is 0 Å². The summed E-state index contributed by atoms with van der Waals surface area (Å²) >= 11 is 3.63. The maximum absolute atomic E-state index is 10.3. The standard InChI is InChI=1S/C11H16OS2/c1-8-4-5-9(14-8)10(12)11(2)6-3-7-13-11/h4-5,10,12H,3,6-7H2,1-2H3. The molecule has 14 heavy (non-hydrogen) atoms. The van der Waals surface area contributed by atoms with E-state index in [9.17, 15) is 5.11 Å². The number of hydrogen-bond donors (Lipinski definition) is 1. The zero-order valence-corrected chi connectivity index (χ0v) is 10.3. The smallest absolute Gasteiger partial charge is 0.102 e. The van der Waals surface area contributed by atoms with Crippen molar-refractivity contribution in [1.29, 1.82) is 0 Å². The van der Waals surface area contributed by atoms with E-state index >= 15 is 0 Å². The molecule has 1 aliphatic heterocycles. The summed E-state index contributed by atoms with van der Waals surface area (Å²) < 4.78 is 0.0529. The van der Waals surface area contributed by atoms with Gasteiger partial charge in [-0.2, -0.15) is 11.8 Å². The van der Waals surface area contributed by atoms with E-state index in [4.69, 9.17) is 0 Å². The molecule has 0 aliphatic carbocycles. The van der Waals surface area contributed by atoms with Crippen molar-refractivity contribution in [1.82, 2.24) is 0 Å². The van der Waals surface area contributed by atoms with E-state index in [1.807, 2.05) is 11.8 Å². The summed E-state index contributed by atoms with van der Waals surface area (Å²) in [6, 6.07) is 4.15. The minimum absolute atomic E-state index is 0.0529. The molecular formula is C11H16OS2. The molecular weight excluding hydrogens is 212 g/mol. The molecule has 1 saturated heterocycles. The second kappa shape index (κ2) is 3.87. The van der Waals surface area contributed by atoms with Crippen LogP contribution in [0.15, 0.2) is 12.1 Å². The molecule has 0 amide bonds. The molecule has 3 heteroatoms. The third kappa shape index (κ3) is 1.86. The van der Waals surface area contributed by atoms with Crippen LogP contribution < -0.4 is 0 Å². The van der Waals surface area contributed by atoms with Crippen LogP contribution in [-0.2, 0) is 0 Å². The molecule has 78 valence electrons. The Balaban J connectivity index is 2.18. The maximum atomic E-state index is 10.3. The molecule has 0 aromatic carbocycles. The monoisotopic (exact) mass is 228 g/mol. The number of hydrogen-bond acceptors (Lipinski definition) is 3. The van der Waals surface area contributed by atoms with Gasteiger partial charge in [-0.15, -0.1) is 11.3 Å². The fourth-order valence-electron chi connectivity index (χ4n) is 1.92. The van der Waals surface area contributed by atoms with Gasteiger partial charge in [-0.05, 0) is 44.6 Å². The molecule has 2 unspecified atom stereocenters. The van der Waals surface area contributed by atoms with Crippen LogP contribution in [0.3, 0.4) is 0 Å². The summed E-state index contributed by atoms with van der Waals surface area (Å²) in [6.07, 6.45) is 2.09. The van der Waals surface area contributed by atoms with E-state index in [1.54, 1.807) is 11.3 Å². The van der Waals surface area contributed by atoms with Crippen molar-refractivity contribution >= 4 is 23.1 Å². The first-order valence-electron chi connectivity index (χ1n) is 5.00. The Hall–Kier alpha value is 0.01000. The van der Waals surface area contributed by atoms with E-state index in [1.165, 1.54) is 17.1 Å². The lowest BCUT2D eigenvalue weighted by molar-refractivity contribution is 0.138. The van der Waals surface area contributed by atoms with E-state index in [0.717, 1.165) is 11.3 Å². The highest BCUT2D eigenvalue weighted by atomic mass is 32.2. The Labute approximate surface area is 93.5 Å². The Kier molecular flexibility index (Phi) is 2.91. The van der Waals surface area contributed by atoms with Gasteiger partial charge in [0.15, 0.2) is 0 Å². The first kappa shape index (κ1) is 10.5. The van der Waals surface area contributed by atoms with Gasteiger partial charge in [0.25, 0.3) is 0 Å². The summed E-state index contributed by atoms with van der Waals surface area (Å²) in [5.74, 6) is 1.19. The summed E-state index contributed by atoms with van der Waals surface area (Å²) in [6.45, 7) is 4.27. The van der Waals surface area contributed by atoms with Crippen molar-refractivity contribution in [3.05, 3.63) is 21.9 Å². The second-order valence-corrected chi connectivity index (χ2v) is 7.06. The zero-order chi connectivity index (χ0) is 10.2. The van der Waals surface area contributed by atoms with E-state index in [0.29, 0.717) is 0 Å². The molecule has 1 aromatic heterocycles. The van der Waals surface area contributed by atoms with Crippen LogP contribution in [-0.4, -0.2) is 15.6 Å². The Morgan fingerprint density at radius 1 is 1.50 bits per heavy atom. The number of aryl methyl sites for hydroxylation is 1. The molecule has 0 spiro atoms. The lowest BCUT2D eigenvalue weighted by Gasteiger charge is -2.28. The predicted molar refractivity (Wildman–Crippen MR) is 64.1 cm³/mol. The van der Waals surface area contributed by atoms with Crippen LogP contribution in [0, 0.1) is 6.92 Å². The number of aliphatic hydroxyl groups excluding tert-OH is 1. The lowest BCUT2D eigenvalue weighted by Crippen LogP contribution is -2.25. The molecule has 1 fully saturated rings. The quantitative estimate of drug-likeness (QED) is 0.837. The van der Waals surface area contributed by atoms with Crippen LogP contribution in [0.25, 0.3) is 0 Å². The number of thioether (sulfide) groups is 1.